The third-order valence-electron chi connectivity index (χ3n) is 29.4. The number of aryl methyl sites for hydroxylation is 6. The van der Waals surface area contributed by atoms with Gasteiger partial charge in [-0.15, -0.1) is 68.0 Å². The predicted molar refractivity (Wildman–Crippen MR) is 629 cm³/mol. The number of thiophene rings is 6. The second-order valence-corrected chi connectivity index (χ2v) is 45.4. The average Bonchev–Trinajstić information content (AvgIpc) is 1.73. The minimum absolute atomic E-state index is 0.0596. The Balaban J connectivity index is 0.0000000891. The molecule has 2 aliphatic carbocycles. The number of rotatable bonds is 6. The summed E-state index contributed by atoms with van der Waals surface area (Å²) < 4.78 is 0. The summed E-state index contributed by atoms with van der Waals surface area (Å²) in [6.45, 7) is 17.7. The lowest BCUT2D eigenvalue weighted by Crippen LogP contribution is -2.14. The molecule has 0 N–H and O–H groups in total. The van der Waals surface area contributed by atoms with Gasteiger partial charge in [-0.2, -0.15) is 0 Å². The summed E-state index contributed by atoms with van der Waals surface area (Å²) in [6.07, 6.45) is 10.6. The molecule has 0 saturated heterocycles. The van der Waals surface area contributed by atoms with Crippen molar-refractivity contribution in [1.82, 2.24) is 29.9 Å². The molecule has 0 unspecified atom stereocenters. The first kappa shape index (κ1) is 89.1. The van der Waals surface area contributed by atoms with Crippen LogP contribution in [0, 0.1) is 41.5 Å². The number of aromatic nitrogens is 6. The highest BCUT2D eigenvalue weighted by atomic mass is 32.1. The van der Waals surface area contributed by atoms with Crippen molar-refractivity contribution in [3.8, 4) is 96.0 Å². The summed E-state index contributed by atoms with van der Waals surface area (Å²) in [5.74, 6) is 0. The molecule has 0 spiro atoms. The van der Waals surface area contributed by atoms with Gasteiger partial charge >= 0.3 is 0 Å². The molecule has 0 saturated carbocycles. The van der Waals surface area contributed by atoms with Crippen molar-refractivity contribution in [3.63, 3.8) is 0 Å². The van der Waals surface area contributed by atoms with E-state index in [9.17, 15) is 0 Å². The van der Waals surface area contributed by atoms with Gasteiger partial charge < -0.3 is 0 Å². The van der Waals surface area contributed by atoms with E-state index >= 15 is 0 Å². The van der Waals surface area contributed by atoms with Crippen LogP contribution in [0.15, 0.2) is 413 Å². The van der Waals surface area contributed by atoms with Crippen LogP contribution in [0.1, 0.15) is 54.2 Å². The highest BCUT2D eigenvalue weighted by Gasteiger charge is 2.36. The first-order valence-corrected chi connectivity index (χ1v) is 54.0. The molecular weight excluding hydrogens is 1870 g/mol. The third-order valence-corrected chi connectivity index (χ3v) is 36.3. The SMILES string of the molecule is Cc1sc(-c2c3ccccc3cc3ccccc23)c2nccnc12.Cc1sc(-c2ccc3c(c2)C(C)(C)c2ccccc2-3)c2ccccc12.Cc1sc(-c2ccc3c4c(cccc24)-c2ccccc2-3)c2ccccc12.Cc1sc(-c2ccc3c4cccc5cccc(c6cccc2c63)c54)c2ccccc12.Cc1sc(-c2ccc3ccccc3c2)c2nccnc12.Cc1sc(-c2cccc3ccccc23)c2nccnc12. The zero-order valence-electron chi connectivity index (χ0n) is 80.9. The van der Waals surface area contributed by atoms with Gasteiger partial charge in [0.25, 0.3) is 0 Å². The highest BCUT2D eigenvalue weighted by Crippen LogP contribution is 2.56. The van der Waals surface area contributed by atoms with Crippen molar-refractivity contribution in [2.75, 3.05) is 0 Å². The van der Waals surface area contributed by atoms with Crippen molar-refractivity contribution in [2.24, 2.45) is 0 Å². The van der Waals surface area contributed by atoms with Gasteiger partial charge in [-0.05, 0) is 228 Å². The van der Waals surface area contributed by atoms with Crippen LogP contribution in [-0.4, -0.2) is 29.9 Å². The van der Waals surface area contributed by atoms with Gasteiger partial charge in [-0.25, -0.2) is 0 Å². The molecule has 0 radical (unpaired) electrons. The highest BCUT2D eigenvalue weighted by molar-refractivity contribution is 7.19. The average molecular weight is 1970 g/mol. The lowest BCUT2D eigenvalue weighted by molar-refractivity contribution is 0.660. The molecule has 9 heterocycles. The largest absolute Gasteiger partial charge is 0.252 e. The number of fused-ring (bicyclic) bond motifs is 18. The zero-order valence-corrected chi connectivity index (χ0v) is 85.8. The van der Waals surface area contributed by atoms with Gasteiger partial charge in [0.2, 0.25) is 0 Å². The van der Waals surface area contributed by atoms with E-state index in [-0.39, 0.29) is 5.41 Å². The molecule has 12 heteroatoms. The molecule has 145 heavy (non-hydrogen) atoms. The van der Waals surface area contributed by atoms with E-state index in [1.54, 1.807) is 71.2 Å². The van der Waals surface area contributed by atoms with Crippen molar-refractivity contribution in [2.45, 2.75) is 60.8 Å². The summed E-state index contributed by atoms with van der Waals surface area (Å²) in [5.41, 5.74) is 25.0. The molecule has 0 atom stereocenters. The molecule has 29 aromatic rings. The summed E-state index contributed by atoms with van der Waals surface area (Å²) in [6, 6.07) is 137. The van der Waals surface area contributed by atoms with Crippen LogP contribution >= 0.6 is 68.0 Å². The zero-order chi connectivity index (χ0) is 97.4. The maximum atomic E-state index is 4.64. The molecule has 690 valence electrons. The second-order valence-electron chi connectivity index (χ2n) is 38.1. The second kappa shape index (κ2) is 36.4. The Morgan fingerprint density at radius 2 is 0.503 bits per heavy atom. The summed E-state index contributed by atoms with van der Waals surface area (Å²) in [7, 11) is 0. The molecule has 0 bridgehead atoms. The van der Waals surface area contributed by atoms with Crippen LogP contribution in [0.25, 0.3) is 258 Å². The van der Waals surface area contributed by atoms with E-state index in [2.05, 4.69) is 461 Å². The van der Waals surface area contributed by atoms with Crippen LogP contribution in [-0.2, 0) is 5.41 Å². The maximum absolute atomic E-state index is 4.64. The number of nitrogens with zero attached hydrogens (tertiary/aromatic N) is 6. The first-order valence-electron chi connectivity index (χ1n) is 49.1. The Morgan fingerprint density at radius 3 is 1.10 bits per heavy atom. The molecular formula is C133H92N6S6. The quantitative estimate of drug-likeness (QED) is 0.122. The van der Waals surface area contributed by atoms with Crippen molar-refractivity contribution < 1.29 is 0 Å². The maximum Gasteiger partial charge on any atom is 0.108 e. The predicted octanol–water partition coefficient (Wildman–Crippen LogP) is 39.4. The van der Waals surface area contributed by atoms with Crippen LogP contribution in [0.4, 0.5) is 0 Å². The van der Waals surface area contributed by atoms with Gasteiger partial charge in [0.1, 0.15) is 33.1 Å². The van der Waals surface area contributed by atoms with E-state index in [1.165, 1.54) is 266 Å². The minimum Gasteiger partial charge on any atom is -0.252 e. The topological polar surface area (TPSA) is 77.3 Å². The molecule has 0 amide bonds. The van der Waals surface area contributed by atoms with E-state index in [0.717, 1.165) is 33.1 Å². The minimum atomic E-state index is 0.0596. The van der Waals surface area contributed by atoms with E-state index in [1.807, 2.05) is 34.0 Å². The van der Waals surface area contributed by atoms with E-state index in [4.69, 9.17) is 0 Å². The molecule has 31 rings (SSSR count). The monoisotopic (exact) mass is 1960 g/mol. The first-order chi connectivity index (χ1) is 71.2. The Kier molecular flexibility index (Phi) is 22.4. The molecule has 0 aliphatic heterocycles. The lowest BCUT2D eigenvalue weighted by Gasteiger charge is -2.21. The Morgan fingerprint density at radius 1 is 0.172 bits per heavy atom. The standard InChI is InChI=1S/C29H18S.C25H16S.C24H20S.C21H14N2S.2C17H12N2S/c1-17-19-9-2-3-10-25(19)29(30-17)26-16-15-24-21-12-5-8-18-7-4-11-20(27(18)21)22-13-6-14-23(26)28(22)24;1-15-16-7-2-5-10-22(16)25(26-15)23-14-13-21-18-9-4-3-8-17(18)19-11-6-12-20(23)24(19)21;1-15-17-8-4-5-10-20(17)23(25-15)16-12-13-19-18-9-6-7-11-21(18)24(2,3)22(19)14-16;1-13-19-20(23-11-10-22-19)21(24-13)18-16-8-4-2-6-14(16)12-15-7-3-5-9-17(15)18;1-11-15-16(19-10-9-18-15)17(20-11)14-8-4-6-12-5-2-3-7-13(12)14;1-11-15-16(19-9-8-18-15)17(20-11)14-7-6-12-4-2-3-5-13(12)10-14/h2-16H,1H3;2-14H,1H3;4-14H,1-3H3;2-12H,1H3;2*2-10H,1H3. The third kappa shape index (κ3) is 15.2. The lowest BCUT2D eigenvalue weighted by atomic mass is 9.82. The van der Waals surface area contributed by atoms with Gasteiger partial charge in [0.05, 0.1) is 14.6 Å². The molecule has 2 aliphatic rings. The normalized spacial score (nSPS) is 12.2. The summed E-state index contributed by atoms with van der Waals surface area (Å²) >= 11 is 11.1. The molecule has 6 nitrogen and oxygen atoms in total. The smallest absolute Gasteiger partial charge is 0.108 e. The number of benzene rings is 20. The summed E-state index contributed by atoms with van der Waals surface area (Å²) in [5, 5.41) is 31.9. The van der Waals surface area contributed by atoms with E-state index in [0.29, 0.717) is 0 Å². The molecule has 20 aromatic carbocycles. The van der Waals surface area contributed by atoms with E-state index < -0.39 is 0 Å². The Labute approximate surface area is 863 Å². The fraction of sp³-hybridized carbons (Fsp3) is 0.0677. The van der Waals surface area contributed by atoms with Gasteiger partial charge in [-0.3, -0.25) is 29.9 Å². The van der Waals surface area contributed by atoms with Crippen LogP contribution in [0.2, 0.25) is 0 Å². The van der Waals surface area contributed by atoms with Crippen molar-refractivity contribution >= 4 is 230 Å². The number of hydrogen-bond donors (Lipinski definition) is 0. The van der Waals surface area contributed by atoms with Crippen LogP contribution in [0.3, 0.4) is 0 Å². The molecule has 0 fully saturated rings. The van der Waals surface area contributed by atoms with Crippen LogP contribution in [0.5, 0.6) is 0 Å². The van der Waals surface area contributed by atoms with Gasteiger partial charge in [0, 0.05) is 125 Å². The fourth-order valence-electron chi connectivity index (χ4n) is 22.7. The number of hydrogen-bond acceptors (Lipinski definition) is 12. The summed E-state index contributed by atoms with van der Waals surface area (Å²) in [4.78, 5) is 42.7. The van der Waals surface area contributed by atoms with Gasteiger partial charge in [0.15, 0.2) is 0 Å². The van der Waals surface area contributed by atoms with Crippen molar-refractivity contribution in [1.29, 1.82) is 0 Å². The molecule has 9 aromatic heterocycles. The Bertz CT molecular complexity index is 10100. The van der Waals surface area contributed by atoms with Crippen LogP contribution < -0.4 is 0 Å². The van der Waals surface area contributed by atoms with Crippen molar-refractivity contribution in [3.05, 3.63) is 454 Å². The fourth-order valence-corrected chi connectivity index (χ4v) is 29.4. The van der Waals surface area contributed by atoms with Gasteiger partial charge in [-0.1, -0.05) is 372 Å². The Hall–Kier alpha value is -16.0.